The van der Waals surface area contributed by atoms with Crippen LogP contribution in [-0.2, 0) is 6.54 Å². The highest BCUT2D eigenvalue weighted by atomic mass is 16.5. The first kappa shape index (κ1) is 17.6. The number of hydrogen-bond donors (Lipinski definition) is 1. The number of methoxy groups -OCH3 is 1. The molecule has 2 aromatic carbocycles. The summed E-state index contributed by atoms with van der Waals surface area (Å²) < 4.78 is 12.8. The van der Waals surface area contributed by atoms with Crippen LogP contribution in [0.3, 0.4) is 0 Å². The normalized spacial score (nSPS) is 11.3. The highest BCUT2D eigenvalue weighted by Gasteiger charge is 2.12. The van der Waals surface area contributed by atoms with Crippen LogP contribution in [0.15, 0.2) is 76.3 Å². The first-order valence-electron chi connectivity index (χ1n) is 8.72. The van der Waals surface area contributed by atoms with Crippen molar-refractivity contribution in [3.8, 4) is 5.75 Å². The highest BCUT2D eigenvalue weighted by Crippen LogP contribution is 2.27. The van der Waals surface area contributed by atoms with Gasteiger partial charge in [0.25, 0.3) is 0 Å². The number of aromatic carboxylic acids is 1. The van der Waals surface area contributed by atoms with Crippen LogP contribution in [0.5, 0.6) is 5.75 Å². The minimum atomic E-state index is -1.08. The second-order valence-corrected chi connectivity index (χ2v) is 6.23. The molecule has 0 saturated carbocycles. The number of carboxylic acid groups (broad SMARTS) is 1. The molecule has 0 aliphatic heterocycles. The zero-order valence-electron chi connectivity index (χ0n) is 15.2. The molecule has 0 amide bonds. The first-order chi connectivity index (χ1) is 13.7. The summed E-state index contributed by atoms with van der Waals surface area (Å²) in [6, 6.07) is 18.7. The average Bonchev–Trinajstić information content (AvgIpc) is 3.32. The number of para-hydroxylation sites is 3. The monoisotopic (exact) mass is 374 g/mol. The summed E-state index contributed by atoms with van der Waals surface area (Å²) in [6.45, 7) is 0.427. The fraction of sp³-hybridized carbons (Fsp3) is 0.0909. The predicted octanol–water partition coefficient (Wildman–Crippen LogP) is 4.74. The minimum Gasteiger partial charge on any atom is -0.494 e. The molecule has 28 heavy (non-hydrogen) atoms. The Morgan fingerprint density at radius 3 is 2.71 bits per heavy atom. The lowest BCUT2D eigenvalue weighted by atomic mass is 10.2. The van der Waals surface area contributed by atoms with Gasteiger partial charge in [0.15, 0.2) is 0 Å². The maximum atomic E-state index is 11.0. The average molecular weight is 374 g/mol. The van der Waals surface area contributed by atoms with Gasteiger partial charge in [-0.2, -0.15) is 0 Å². The maximum absolute atomic E-state index is 11.0. The van der Waals surface area contributed by atoms with Gasteiger partial charge in [-0.15, -0.1) is 0 Å². The van der Waals surface area contributed by atoms with E-state index in [0.29, 0.717) is 18.1 Å². The van der Waals surface area contributed by atoms with Crippen molar-refractivity contribution in [2.45, 2.75) is 6.54 Å². The van der Waals surface area contributed by atoms with E-state index in [0.717, 1.165) is 22.2 Å². The van der Waals surface area contributed by atoms with Crippen molar-refractivity contribution >= 4 is 28.8 Å². The number of rotatable bonds is 6. The van der Waals surface area contributed by atoms with Gasteiger partial charge in [-0.3, -0.25) is 4.99 Å². The van der Waals surface area contributed by atoms with Crippen molar-refractivity contribution in [2.24, 2.45) is 4.99 Å². The minimum absolute atomic E-state index is 0.0654. The molecule has 0 fully saturated rings. The van der Waals surface area contributed by atoms with Crippen molar-refractivity contribution in [2.75, 3.05) is 7.11 Å². The molecule has 1 N–H and O–H groups in total. The zero-order valence-corrected chi connectivity index (χ0v) is 15.2. The van der Waals surface area contributed by atoms with Crippen molar-refractivity contribution < 1.29 is 19.1 Å². The molecule has 4 rings (SSSR count). The van der Waals surface area contributed by atoms with Gasteiger partial charge in [-0.25, -0.2) is 4.79 Å². The molecule has 0 unspecified atom stereocenters. The molecule has 0 saturated heterocycles. The molecule has 4 aromatic rings. The molecule has 0 radical (unpaired) electrons. The number of nitrogens with zero attached hydrogens (tertiary/aromatic N) is 2. The van der Waals surface area contributed by atoms with Crippen LogP contribution in [0.25, 0.3) is 10.9 Å². The van der Waals surface area contributed by atoms with E-state index in [9.17, 15) is 4.79 Å². The van der Waals surface area contributed by atoms with Crippen molar-refractivity contribution in [3.05, 3.63) is 83.9 Å². The molecule has 140 valence electrons. The van der Waals surface area contributed by atoms with E-state index in [-0.39, 0.29) is 5.76 Å². The van der Waals surface area contributed by atoms with Crippen molar-refractivity contribution in [3.63, 3.8) is 0 Å². The van der Waals surface area contributed by atoms with Gasteiger partial charge >= 0.3 is 5.97 Å². The third kappa shape index (κ3) is 3.40. The zero-order chi connectivity index (χ0) is 19.5. The van der Waals surface area contributed by atoms with Gasteiger partial charge in [0.1, 0.15) is 17.2 Å². The number of fused-ring (bicyclic) bond motifs is 1. The summed E-state index contributed by atoms with van der Waals surface area (Å²) in [7, 11) is 1.62. The van der Waals surface area contributed by atoms with E-state index in [1.54, 1.807) is 13.2 Å². The van der Waals surface area contributed by atoms with Gasteiger partial charge in [0.2, 0.25) is 5.76 Å². The van der Waals surface area contributed by atoms with Gasteiger partial charge in [0.05, 0.1) is 13.7 Å². The fourth-order valence-corrected chi connectivity index (χ4v) is 3.13. The lowest BCUT2D eigenvalue weighted by molar-refractivity contribution is 0.0660. The van der Waals surface area contributed by atoms with E-state index in [1.165, 1.54) is 6.07 Å². The summed E-state index contributed by atoms with van der Waals surface area (Å²) in [5.74, 6) is 0.142. The Kier molecular flexibility index (Phi) is 4.68. The quantitative estimate of drug-likeness (QED) is 0.495. The molecule has 6 nitrogen and oxygen atoms in total. The van der Waals surface area contributed by atoms with Crippen LogP contribution in [0.1, 0.15) is 21.9 Å². The van der Waals surface area contributed by atoms with Crippen LogP contribution in [0.4, 0.5) is 5.69 Å². The molecule has 0 spiro atoms. The highest BCUT2D eigenvalue weighted by molar-refractivity contribution is 6.00. The van der Waals surface area contributed by atoms with Crippen molar-refractivity contribution in [1.29, 1.82) is 0 Å². The van der Waals surface area contributed by atoms with Crippen LogP contribution in [0.2, 0.25) is 0 Å². The Morgan fingerprint density at radius 2 is 1.93 bits per heavy atom. The standard InChI is InChI=1S/C22H18N2O4/c1-27-20-9-5-3-7-18(20)23-12-15-13-24(19-8-4-2-6-17(15)19)14-16-10-11-21(28-16)22(25)26/h2-13H,14H2,1H3,(H,25,26). The number of carboxylic acids is 1. The van der Waals surface area contributed by atoms with Gasteiger partial charge in [-0.05, 0) is 30.3 Å². The van der Waals surface area contributed by atoms with E-state index >= 15 is 0 Å². The largest absolute Gasteiger partial charge is 0.494 e. The Labute approximate surface area is 161 Å². The maximum Gasteiger partial charge on any atom is 0.371 e. The molecular weight excluding hydrogens is 356 g/mol. The SMILES string of the molecule is COc1ccccc1N=Cc1cn(Cc2ccc(C(=O)O)o2)c2ccccc12. The lowest BCUT2D eigenvalue weighted by Gasteiger charge is -2.02. The fourth-order valence-electron chi connectivity index (χ4n) is 3.13. The topological polar surface area (TPSA) is 77.0 Å². The van der Waals surface area contributed by atoms with E-state index in [2.05, 4.69) is 4.99 Å². The van der Waals surface area contributed by atoms with Crippen LogP contribution in [-0.4, -0.2) is 29.0 Å². The number of hydrogen-bond acceptors (Lipinski definition) is 4. The predicted molar refractivity (Wildman–Crippen MR) is 107 cm³/mol. The molecule has 0 aliphatic rings. The molecule has 0 bridgehead atoms. The molecule has 0 atom stereocenters. The molecule has 6 heteroatoms. The number of aliphatic imine (C=N–C) groups is 1. The summed E-state index contributed by atoms with van der Waals surface area (Å²) in [4.78, 5) is 15.6. The second-order valence-electron chi connectivity index (χ2n) is 6.23. The number of furan rings is 1. The molecule has 2 heterocycles. The van der Waals surface area contributed by atoms with Gasteiger partial charge in [-0.1, -0.05) is 30.3 Å². The number of benzene rings is 2. The first-order valence-corrected chi connectivity index (χ1v) is 8.72. The van der Waals surface area contributed by atoms with E-state index < -0.39 is 5.97 Å². The van der Waals surface area contributed by atoms with Crippen molar-refractivity contribution in [1.82, 2.24) is 4.57 Å². The van der Waals surface area contributed by atoms with E-state index in [1.807, 2.05) is 65.5 Å². The van der Waals surface area contributed by atoms with E-state index in [4.69, 9.17) is 14.3 Å². The number of carbonyl (C=O) groups is 1. The Morgan fingerprint density at radius 1 is 1.14 bits per heavy atom. The third-order valence-corrected chi connectivity index (χ3v) is 4.45. The summed E-state index contributed by atoms with van der Waals surface area (Å²) in [6.07, 6.45) is 3.79. The number of ether oxygens (including phenoxy) is 1. The Bertz CT molecular complexity index is 1170. The molecule has 2 aromatic heterocycles. The summed E-state index contributed by atoms with van der Waals surface area (Å²) in [5.41, 5.74) is 2.71. The summed E-state index contributed by atoms with van der Waals surface area (Å²) >= 11 is 0. The smallest absolute Gasteiger partial charge is 0.371 e. The second kappa shape index (κ2) is 7.44. The Balaban J connectivity index is 1.70. The molecular formula is C22H18N2O4. The third-order valence-electron chi connectivity index (χ3n) is 4.45. The van der Waals surface area contributed by atoms with Gasteiger partial charge in [0, 0.05) is 28.9 Å². The Hall–Kier alpha value is -3.80. The van der Waals surface area contributed by atoms with Crippen LogP contribution >= 0.6 is 0 Å². The van der Waals surface area contributed by atoms with Crippen LogP contribution < -0.4 is 4.74 Å². The van der Waals surface area contributed by atoms with Gasteiger partial charge < -0.3 is 18.8 Å². The number of aromatic nitrogens is 1. The summed E-state index contributed by atoms with van der Waals surface area (Å²) in [5, 5.41) is 10.1. The van der Waals surface area contributed by atoms with Crippen LogP contribution in [0, 0.1) is 0 Å². The lowest BCUT2D eigenvalue weighted by Crippen LogP contribution is -1.97. The molecule has 0 aliphatic carbocycles.